The molecule has 0 spiro atoms. The van der Waals surface area contributed by atoms with E-state index in [1.54, 1.807) is 20.8 Å². The number of carbonyl (C=O) groups excluding carboxylic acids is 2. The van der Waals surface area contributed by atoms with Crippen molar-refractivity contribution >= 4 is 41.2 Å². The maximum atomic E-state index is 12.0. The lowest BCUT2D eigenvalue weighted by atomic mass is 10.2. The second kappa shape index (κ2) is 9.04. The van der Waals surface area contributed by atoms with Crippen LogP contribution >= 0.6 is 11.6 Å². The van der Waals surface area contributed by atoms with E-state index in [1.807, 2.05) is 0 Å². The molecular weight excluding hydrogens is 364 g/mol. The Kier molecular flexibility index (Phi) is 7.38. The number of halogens is 1. The predicted octanol–water partition coefficient (Wildman–Crippen LogP) is 0.254. The van der Waals surface area contributed by atoms with Crippen molar-refractivity contribution in [1.82, 2.24) is 20.6 Å². The van der Waals surface area contributed by atoms with E-state index in [9.17, 15) is 9.59 Å². The highest BCUT2D eigenvalue weighted by atomic mass is 35.5. The number of amides is 2. The monoisotopic (exact) mass is 386 g/mol. The molecule has 1 aromatic rings. The van der Waals surface area contributed by atoms with Crippen molar-refractivity contribution in [2.45, 2.75) is 32.8 Å². The van der Waals surface area contributed by atoms with E-state index in [-0.39, 0.29) is 35.0 Å². The summed E-state index contributed by atoms with van der Waals surface area (Å²) in [7, 11) is 0. The normalized spacial score (nSPS) is 11.8. The fourth-order valence-electron chi connectivity index (χ4n) is 1.61. The number of rotatable bonds is 5. The molecule has 0 fully saturated rings. The number of carbonyl (C=O) groups is 2. The van der Waals surface area contributed by atoms with Gasteiger partial charge in [-0.2, -0.15) is 0 Å². The SMILES string of the molecule is CC(C)(C)OC(=O)NCCCN=C(N)NC(=O)c1nc(Cl)c(N)nc1N. The molecule has 144 valence electrons. The molecule has 2 amide bonds. The fraction of sp³-hybridized carbons (Fsp3) is 0.500. The topological polar surface area (TPSA) is 184 Å². The second-order valence-electron chi connectivity index (χ2n) is 6.14. The summed E-state index contributed by atoms with van der Waals surface area (Å²) in [5, 5.41) is 4.74. The lowest BCUT2D eigenvalue weighted by molar-refractivity contribution is 0.0527. The molecular formula is C14H23ClN8O3. The van der Waals surface area contributed by atoms with E-state index in [0.717, 1.165) is 0 Å². The second-order valence-corrected chi connectivity index (χ2v) is 6.49. The van der Waals surface area contributed by atoms with Crippen LogP contribution in [0.3, 0.4) is 0 Å². The first-order valence-corrected chi connectivity index (χ1v) is 8.04. The number of hydrogen-bond donors (Lipinski definition) is 5. The van der Waals surface area contributed by atoms with Crippen LogP contribution in [-0.4, -0.2) is 46.6 Å². The van der Waals surface area contributed by atoms with Crippen LogP contribution in [0.4, 0.5) is 16.4 Å². The standard InChI is InChI=1S/C14H23ClN8O3/c1-14(2,3)26-13(25)20-6-4-5-19-12(18)23-11(24)7-9(16)22-10(17)8(15)21-7/h4-6H2,1-3H3,(H,20,25)(H4,16,17,22)(H3,18,19,23,24). The average molecular weight is 387 g/mol. The maximum Gasteiger partial charge on any atom is 0.407 e. The molecule has 12 heteroatoms. The van der Waals surface area contributed by atoms with Crippen molar-refractivity contribution in [1.29, 1.82) is 0 Å². The summed E-state index contributed by atoms with van der Waals surface area (Å²) in [6, 6.07) is 0. The largest absolute Gasteiger partial charge is 0.444 e. The number of alkyl carbamates (subject to hydrolysis) is 1. The summed E-state index contributed by atoms with van der Waals surface area (Å²) in [4.78, 5) is 34.9. The Hall–Kier alpha value is -2.82. The molecule has 0 aliphatic carbocycles. The predicted molar refractivity (Wildman–Crippen MR) is 98.7 cm³/mol. The molecule has 0 saturated carbocycles. The quantitative estimate of drug-likeness (QED) is 0.271. The summed E-state index contributed by atoms with van der Waals surface area (Å²) in [6.45, 7) is 5.92. The van der Waals surface area contributed by atoms with Gasteiger partial charge in [0.1, 0.15) is 5.60 Å². The van der Waals surface area contributed by atoms with Gasteiger partial charge in [-0.3, -0.25) is 15.1 Å². The van der Waals surface area contributed by atoms with Crippen LogP contribution in [0.2, 0.25) is 5.15 Å². The number of nitrogens with one attached hydrogen (secondary N) is 2. The molecule has 1 aromatic heterocycles. The number of guanidine groups is 1. The average Bonchev–Trinajstić information content (AvgIpc) is 2.48. The van der Waals surface area contributed by atoms with Crippen molar-refractivity contribution in [2.24, 2.45) is 10.7 Å². The van der Waals surface area contributed by atoms with Gasteiger partial charge in [-0.05, 0) is 27.2 Å². The van der Waals surface area contributed by atoms with Crippen LogP contribution in [0.25, 0.3) is 0 Å². The Morgan fingerprint density at radius 2 is 1.88 bits per heavy atom. The molecule has 26 heavy (non-hydrogen) atoms. The van der Waals surface area contributed by atoms with Crippen molar-refractivity contribution in [3.63, 3.8) is 0 Å². The molecule has 0 atom stereocenters. The van der Waals surface area contributed by atoms with E-state index in [1.165, 1.54) is 0 Å². The van der Waals surface area contributed by atoms with Gasteiger partial charge < -0.3 is 27.3 Å². The van der Waals surface area contributed by atoms with E-state index in [0.29, 0.717) is 13.0 Å². The van der Waals surface area contributed by atoms with Crippen LogP contribution in [0.15, 0.2) is 4.99 Å². The van der Waals surface area contributed by atoms with Crippen molar-refractivity contribution in [3.8, 4) is 0 Å². The number of ether oxygens (including phenoxy) is 1. The van der Waals surface area contributed by atoms with Gasteiger partial charge in [0.2, 0.25) is 0 Å². The third-order valence-electron chi connectivity index (χ3n) is 2.65. The third kappa shape index (κ3) is 7.38. The van der Waals surface area contributed by atoms with Gasteiger partial charge in [-0.1, -0.05) is 11.6 Å². The van der Waals surface area contributed by atoms with Crippen molar-refractivity contribution in [3.05, 3.63) is 10.8 Å². The summed E-state index contributed by atoms with van der Waals surface area (Å²) in [5.74, 6) is -1.12. The molecule has 0 bridgehead atoms. The fourth-order valence-corrected chi connectivity index (χ4v) is 1.73. The van der Waals surface area contributed by atoms with Crippen LogP contribution in [0, 0.1) is 0 Å². The van der Waals surface area contributed by atoms with Gasteiger partial charge in [0.25, 0.3) is 5.91 Å². The van der Waals surface area contributed by atoms with Crippen LogP contribution in [0.5, 0.6) is 0 Å². The van der Waals surface area contributed by atoms with E-state index in [4.69, 9.17) is 33.5 Å². The van der Waals surface area contributed by atoms with E-state index < -0.39 is 17.6 Å². The molecule has 1 heterocycles. The number of anilines is 2. The zero-order valence-corrected chi connectivity index (χ0v) is 15.6. The van der Waals surface area contributed by atoms with Crippen molar-refractivity contribution < 1.29 is 14.3 Å². The molecule has 8 N–H and O–H groups in total. The minimum Gasteiger partial charge on any atom is -0.444 e. The Morgan fingerprint density at radius 3 is 2.50 bits per heavy atom. The van der Waals surface area contributed by atoms with E-state index >= 15 is 0 Å². The lowest BCUT2D eigenvalue weighted by Crippen LogP contribution is -2.38. The molecule has 0 unspecified atom stereocenters. The summed E-state index contributed by atoms with van der Waals surface area (Å²) in [5.41, 5.74) is 15.8. The summed E-state index contributed by atoms with van der Waals surface area (Å²) < 4.78 is 5.08. The number of nitrogens with two attached hydrogens (primary N) is 3. The highest BCUT2D eigenvalue weighted by Crippen LogP contribution is 2.17. The first-order chi connectivity index (χ1) is 12.0. The summed E-state index contributed by atoms with van der Waals surface area (Å²) >= 11 is 5.71. The molecule has 11 nitrogen and oxygen atoms in total. The van der Waals surface area contributed by atoms with Gasteiger partial charge in [-0.15, -0.1) is 0 Å². The van der Waals surface area contributed by atoms with Crippen LogP contribution in [-0.2, 0) is 4.74 Å². The first-order valence-electron chi connectivity index (χ1n) is 7.66. The lowest BCUT2D eigenvalue weighted by Gasteiger charge is -2.19. The smallest absolute Gasteiger partial charge is 0.407 e. The van der Waals surface area contributed by atoms with Gasteiger partial charge in [0.15, 0.2) is 28.4 Å². The highest BCUT2D eigenvalue weighted by molar-refractivity contribution is 6.31. The Balaban J connectivity index is 2.43. The zero-order valence-electron chi connectivity index (χ0n) is 14.8. The minimum atomic E-state index is -0.718. The molecule has 0 aliphatic rings. The van der Waals surface area contributed by atoms with Crippen LogP contribution in [0.1, 0.15) is 37.7 Å². The number of aromatic nitrogens is 2. The molecule has 0 saturated heterocycles. The van der Waals surface area contributed by atoms with Gasteiger partial charge in [-0.25, -0.2) is 14.8 Å². The Labute approximate surface area is 155 Å². The third-order valence-corrected chi connectivity index (χ3v) is 2.92. The highest BCUT2D eigenvalue weighted by Gasteiger charge is 2.17. The number of aliphatic imine (C=N–C) groups is 1. The number of nitrogens with zero attached hydrogens (tertiary/aromatic N) is 3. The van der Waals surface area contributed by atoms with Crippen molar-refractivity contribution in [2.75, 3.05) is 24.6 Å². The number of hydrogen-bond acceptors (Lipinski definition) is 8. The van der Waals surface area contributed by atoms with Gasteiger partial charge in [0, 0.05) is 13.1 Å². The Bertz CT molecular complexity index is 702. The van der Waals surface area contributed by atoms with Crippen LogP contribution < -0.4 is 27.8 Å². The molecule has 1 rings (SSSR count). The molecule has 0 aromatic carbocycles. The zero-order chi connectivity index (χ0) is 19.9. The molecule has 0 aliphatic heterocycles. The minimum absolute atomic E-state index is 0.0835. The van der Waals surface area contributed by atoms with E-state index in [2.05, 4.69) is 25.6 Å². The number of nitrogen functional groups attached to an aromatic ring is 2. The summed E-state index contributed by atoms with van der Waals surface area (Å²) in [6.07, 6.45) is -0.0251. The first kappa shape index (κ1) is 21.2. The maximum absolute atomic E-state index is 12.0. The molecule has 0 radical (unpaired) electrons. The Morgan fingerprint density at radius 1 is 1.23 bits per heavy atom. The van der Waals surface area contributed by atoms with Gasteiger partial charge in [0.05, 0.1) is 0 Å². The van der Waals surface area contributed by atoms with Gasteiger partial charge >= 0.3 is 6.09 Å².